The van der Waals surface area contributed by atoms with Crippen molar-refractivity contribution in [2.75, 3.05) is 13.1 Å². The van der Waals surface area contributed by atoms with E-state index >= 15 is 0 Å². The van der Waals surface area contributed by atoms with Gasteiger partial charge in [0.05, 0.1) is 6.20 Å². The van der Waals surface area contributed by atoms with Crippen molar-refractivity contribution in [3.63, 3.8) is 0 Å². The highest BCUT2D eigenvalue weighted by atomic mass is 19.1. The predicted molar refractivity (Wildman–Crippen MR) is 93.5 cm³/mol. The average molecular weight is 373 g/mol. The van der Waals surface area contributed by atoms with Gasteiger partial charge >= 0.3 is 11.7 Å². The number of nitrogens with zero attached hydrogens (tertiary/aromatic N) is 5. The van der Waals surface area contributed by atoms with E-state index in [-0.39, 0.29) is 23.8 Å². The summed E-state index contributed by atoms with van der Waals surface area (Å²) in [5.74, 6) is -1.07. The number of likely N-dealkylation sites (tertiary alicyclic amines) is 1. The average Bonchev–Trinajstić information content (AvgIpc) is 3.26. The summed E-state index contributed by atoms with van der Waals surface area (Å²) in [4.78, 5) is 35.4. The summed E-state index contributed by atoms with van der Waals surface area (Å²) in [5.41, 5.74) is 0.345. The van der Waals surface area contributed by atoms with Gasteiger partial charge in [0.25, 0.3) is 0 Å². The summed E-state index contributed by atoms with van der Waals surface area (Å²) in [6, 6.07) is 2.91. The third-order valence-corrected chi connectivity index (χ3v) is 4.77. The zero-order chi connectivity index (χ0) is 19.1. The first-order valence-electron chi connectivity index (χ1n) is 8.62. The van der Waals surface area contributed by atoms with Crippen molar-refractivity contribution in [3.8, 4) is 0 Å². The molecule has 0 saturated carbocycles. The molecule has 0 atom stereocenters. The van der Waals surface area contributed by atoms with Gasteiger partial charge in [-0.1, -0.05) is 6.07 Å². The molecule has 2 aromatic heterocycles. The first kappa shape index (κ1) is 17.3. The van der Waals surface area contributed by atoms with Crippen LogP contribution in [0.2, 0.25) is 0 Å². The maximum Gasteiger partial charge on any atom is 0.338 e. The smallest absolute Gasteiger partial charge is 0.324 e. The van der Waals surface area contributed by atoms with E-state index in [1.54, 1.807) is 4.90 Å². The van der Waals surface area contributed by atoms with Crippen LogP contribution < -0.4 is 5.69 Å². The lowest BCUT2D eigenvalue weighted by Gasteiger charge is -2.14. The van der Waals surface area contributed by atoms with E-state index in [4.69, 9.17) is 0 Å². The van der Waals surface area contributed by atoms with Crippen LogP contribution in [0.3, 0.4) is 0 Å². The normalized spacial score (nSPS) is 14.3. The Morgan fingerprint density at radius 2 is 1.96 bits per heavy atom. The van der Waals surface area contributed by atoms with Gasteiger partial charge in [0.1, 0.15) is 23.0 Å². The Morgan fingerprint density at radius 1 is 1.22 bits per heavy atom. The molecule has 3 heterocycles. The summed E-state index contributed by atoms with van der Waals surface area (Å²) in [6.07, 6.45) is 3.26. The number of fused-ring (bicyclic) bond motifs is 1. The molecular formula is C18H17F2N5O2. The molecular weight excluding hydrogens is 356 g/mol. The number of halogens is 2. The zero-order valence-corrected chi connectivity index (χ0v) is 14.7. The highest BCUT2D eigenvalue weighted by Gasteiger charge is 2.25. The SMILES string of the molecule is Cn1c(=O)n(C(=O)N2CCCC2)c2cnc(Cc3ccc(F)cc3F)nc21. The zero-order valence-electron chi connectivity index (χ0n) is 14.7. The van der Waals surface area contributed by atoms with E-state index in [1.807, 2.05) is 0 Å². The van der Waals surface area contributed by atoms with Crippen LogP contribution in [0.4, 0.5) is 13.6 Å². The Labute approximate surface area is 152 Å². The lowest BCUT2D eigenvalue weighted by molar-refractivity contribution is 0.210. The minimum absolute atomic E-state index is 0.0432. The van der Waals surface area contributed by atoms with Crippen LogP contribution in [0.1, 0.15) is 24.2 Å². The molecule has 1 fully saturated rings. The number of aromatic nitrogens is 4. The summed E-state index contributed by atoms with van der Waals surface area (Å²) in [5, 5.41) is 0. The van der Waals surface area contributed by atoms with Gasteiger partial charge in [-0.15, -0.1) is 0 Å². The number of rotatable bonds is 2. The molecule has 0 aliphatic carbocycles. The molecule has 1 aliphatic rings. The molecule has 0 spiro atoms. The Bertz CT molecular complexity index is 1100. The maximum absolute atomic E-state index is 13.9. The van der Waals surface area contributed by atoms with Crippen LogP contribution in [0.25, 0.3) is 11.2 Å². The van der Waals surface area contributed by atoms with Gasteiger partial charge in [0, 0.05) is 32.6 Å². The fraction of sp³-hybridized carbons (Fsp3) is 0.333. The van der Waals surface area contributed by atoms with E-state index in [0.29, 0.717) is 24.3 Å². The number of hydrogen-bond acceptors (Lipinski definition) is 4. The quantitative estimate of drug-likeness (QED) is 0.689. The molecule has 1 amide bonds. The second kappa shape index (κ2) is 6.57. The number of carbonyl (C=O) groups excluding carboxylic acids is 1. The summed E-state index contributed by atoms with van der Waals surface area (Å²) >= 11 is 0. The third-order valence-electron chi connectivity index (χ3n) is 4.77. The Hall–Kier alpha value is -3.10. The summed E-state index contributed by atoms with van der Waals surface area (Å²) < 4.78 is 29.3. The second-order valence-electron chi connectivity index (χ2n) is 6.56. The van der Waals surface area contributed by atoms with Crippen LogP contribution in [0.15, 0.2) is 29.2 Å². The van der Waals surface area contributed by atoms with Gasteiger partial charge in [-0.3, -0.25) is 4.57 Å². The van der Waals surface area contributed by atoms with Gasteiger partial charge in [0.15, 0.2) is 5.65 Å². The molecule has 7 nitrogen and oxygen atoms in total. The van der Waals surface area contributed by atoms with E-state index < -0.39 is 17.3 Å². The van der Waals surface area contributed by atoms with Crippen LogP contribution in [0, 0.1) is 11.6 Å². The van der Waals surface area contributed by atoms with E-state index in [0.717, 1.165) is 29.5 Å². The number of carbonyl (C=O) groups is 1. The number of imidazole rings is 1. The number of benzene rings is 1. The van der Waals surface area contributed by atoms with Crippen molar-refractivity contribution in [1.29, 1.82) is 0 Å². The van der Waals surface area contributed by atoms with Crippen molar-refractivity contribution in [2.24, 2.45) is 7.05 Å². The lowest BCUT2D eigenvalue weighted by atomic mass is 10.1. The number of amides is 1. The van der Waals surface area contributed by atoms with Crippen molar-refractivity contribution in [3.05, 3.63) is 57.9 Å². The molecule has 140 valence electrons. The van der Waals surface area contributed by atoms with Gasteiger partial charge in [0.2, 0.25) is 0 Å². The van der Waals surface area contributed by atoms with E-state index in [9.17, 15) is 18.4 Å². The molecule has 0 radical (unpaired) electrons. The lowest BCUT2D eigenvalue weighted by Crippen LogP contribution is -2.38. The Kier molecular flexibility index (Phi) is 4.21. The number of aryl methyl sites for hydroxylation is 1. The van der Waals surface area contributed by atoms with Crippen molar-refractivity contribution in [2.45, 2.75) is 19.3 Å². The molecule has 0 bridgehead atoms. The minimum atomic E-state index is -0.686. The molecule has 27 heavy (non-hydrogen) atoms. The van der Waals surface area contributed by atoms with Crippen molar-refractivity contribution >= 4 is 17.2 Å². The monoisotopic (exact) mass is 373 g/mol. The maximum atomic E-state index is 13.9. The summed E-state index contributed by atoms with van der Waals surface area (Å²) in [6.45, 7) is 1.23. The van der Waals surface area contributed by atoms with Gasteiger partial charge in [-0.25, -0.2) is 32.9 Å². The van der Waals surface area contributed by atoms with E-state index in [1.165, 1.54) is 23.9 Å². The highest BCUT2D eigenvalue weighted by Crippen LogP contribution is 2.16. The molecule has 1 aliphatic heterocycles. The van der Waals surface area contributed by atoms with Crippen LogP contribution in [0.5, 0.6) is 0 Å². The largest absolute Gasteiger partial charge is 0.338 e. The highest BCUT2D eigenvalue weighted by molar-refractivity contribution is 5.87. The van der Waals surface area contributed by atoms with E-state index in [2.05, 4.69) is 9.97 Å². The van der Waals surface area contributed by atoms with Gasteiger partial charge in [-0.05, 0) is 24.5 Å². The molecule has 0 unspecified atom stereocenters. The molecule has 0 N–H and O–H groups in total. The van der Waals surface area contributed by atoms with Crippen LogP contribution in [-0.2, 0) is 13.5 Å². The second-order valence-corrected chi connectivity index (χ2v) is 6.56. The Balaban J connectivity index is 1.74. The van der Waals surface area contributed by atoms with Gasteiger partial charge in [-0.2, -0.15) is 0 Å². The van der Waals surface area contributed by atoms with Crippen LogP contribution >= 0.6 is 0 Å². The number of hydrogen-bond donors (Lipinski definition) is 0. The molecule has 4 rings (SSSR count). The fourth-order valence-corrected chi connectivity index (χ4v) is 3.31. The molecule has 1 saturated heterocycles. The van der Waals surface area contributed by atoms with Crippen molar-refractivity contribution < 1.29 is 13.6 Å². The standard InChI is InChI=1S/C18H17F2N5O2/c1-23-16-14(25(17(23)26)18(27)24-6-2-3-7-24)10-21-15(22-16)8-11-4-5-12(19)9-13(11)20/h4-5,9-10H,2-3,6-8H2,1H3. The third kappa shape index (κ3) is 2.98. The van der Waals surface area contributed by atoms with Crippen LogP contribution in [-0.4, -0.2) is 43.1 Å². The Morgan fingerprint density at radius 3 is 2.67 bits per heavy atom. The fourth-order valence-electron chi connectivity index (χ4n) is 3.31. The minimum Gasteiger partial charge on any atom is -0.324 e. The molecule has 9 heteroatoms. The first-order valence-corrected chi connectivity index (χ1v) is 8.62. The van der Waals surface area contributed by atoms with Gasteiger partial charge < -0.3 is 4.90 Å². The topological polar surface area (TPSA) is 73.0 Å². The molecule has 1 aromatic carbocycles. The molecule has 3 aromatic rings. The summed E-state index contributed by atoms with van der Waals surface area (Å²) in [7, 11) is 1.52. The predicted octanol–water partition coefficient (Wildman–Crippen LogP) is 2.06. The van der Waals surface area contributed by atoms with Crippen molar-refractivity contribution in [1.82, 2.24) is 24.0 Å². The first-order chi connectivity index (χ1) is 13.0.